The van der Waals surface area contributed by atoms with Gasteiger partial charge in [-0.2, -0.15) is 0 Å². The van der Waals surface area contributed by atoms with E-state index in [0.717, 1.165) is 6.92 Å². The molecule has 8 N–H and O–H groups in total. The topological polar surface area (TPSA) is 315 Å². The van der Waals surface area contributed by atoms with Gasteiger partial charge in [0.25, 0.3) is 0 Å². The van der Waals surface area contributed by atoms with Gasteiger partial charge in [-0.15, -0.1) is 0 Å². The number of benzene rings is 2. The van der Waals surface area contributed by atoms with E-state index in [9.17, 15) is 55.2 Å². The zero-order chi connectivity index (χ0) is 51.4. The summed E-state index contributed by atoms with van der Waals surface area (Å²) in [5, 5.41) is 84.5. The molecule has 2 aromatic carbocycles. The minimum Gasteiger partial charge on any atom is -0.507 e. The summed E-state index contributed by atoms with van der Waals surface area (Å²) in [6, 6.07) is 3.05. The predicted molar refractivity (Wildman–Crippen MR) is 240 cm³/mol. The van der Waals surface area contributed by atoms with E-state index in [1.165, 1.54) is 33.1 Å². The maximum absolute atomic E-state index is 14.4. The first kappa shape index (κ1) is 58.0. The van der Waals surface area contributed by atoms with Crippen molar-refractivity contribution in [1.29, 1.82) is 0 Å². The molecule has 22 nitrogen and oxygen atoms in total. The van der Waals surface area contributed by atoms with E-state index >= 15 is 0 Å². The van der Waals surface area contributed by atoms with E-state index in [0.29, 0.717) is 0 Å². The third-order valence-corrected chi connectivity index (χ3v) is 12.4. The van der Waals surface area contributed by atoms with Crippen LogP contribution in [0.2, 0.25) is 0 Å². The number of aliphatic hydroxyl groups excluding tert-OH is 6. The van der Waals surface area contributed by atoms with Crippen LogP contribution < -0.4 is 4.74 Å². The summed E-state index contributed by atoms with van der Waals surface area (Å²) < 4.78 is 61.6. The van der Waals surface area contributed by atoms with Gasteiger partial charge < -0.3 is 93.0 Å². The minimum absolute atomic E-state index is 0.0106. The number of ketones is 3. The number of aromatic hydroxyl groups is 2. The first-order chi connectivity index (χ1) is 32.5. The lowest BCUT2D eigenvalue weighted by Crippen LogP contribution is -2.49. The number of hydrogen-bond donors (Lipinski definition) is 8. The number of hydrogen-bond acceptors (Lipinski definition) is 22. The lowest BCUT2D eigenvalue weighted by Gasteiger charge is -2.36. The SMILES string of the molecule is CO[C@H](C(=O)C(C)=O)[C@@H]1Cc2cc3cc(OC(C)OC(C)[C@@H](O)CO[C@H]4CC(O)[C@H](O)C(C)O4)c(C)c(O)c3c(O)c2C(=O)[C@H]1OCOC(C)[C@@H](O)COCOC(C)[C@H](O)COCOC(C)[C@H](C)O. The summed E-state index contributed by atoms with van der Waals surface area (Å²) in [5.74, 6) is -4.52. The molecule has 1 saturated heterocycles. The van der Waals surface area contributed by atoms with Crippen LogP contribution in [0.4, 0.5) is 0 Å². The summed E-state index contributed by atoms with van der Waals surface area (Å²) in [7, 11) is 1.20. The van der Waals surface area contributed by atoms with Gasteiger partial charge in [-0.1, -0.05) is 0 Å². The van der Waals surface area contributed by atoms with E-state index in [-0.39, 0.29) is 79.5 Å². The van der Waals surface area contributed by atoms with Crippen LogP contribution in [0, 0.1) is 12.8 Å². The number of ether oxygens (including phenoxy) is 11. The first-order valence-electron chi connectivity index (χ1n) is 22.9. The molecular formula is C47H72O22. The molecule has 16 atom stereocenters. The average molecular weight is 989 g/mol. The zero-order valence-electron chi connectivity index (χ0n) is 40.8. The third-order valence-electron chi connectivity index (χ3n) is 12.4. The first-order valence-corrected chi connectivity index (χ1v) is 22.9. The molecule has 0 aromatic heterocycles. The van der Waals surface area contributed by atoms with Crippen molar-refractivity contribution < 1.29 is 107 Å². The molecular weight excluding hydrogens is 916 g/mol. The Morgan fingerprint density at radius 2 is 1.38 bits per heavy atom. The molecule has 0 saturated carbocycles. The molecule has 4 rings (SSSR count). The fraction of sp³-hybridized carbons (Fsp3) is 0.723. The number of carbonyl (C=O) groups excluding carboxylic acids is 3. The molecule has 22 heteroatoms. The molecule has 0 amide bonds. The van der Waals surface area contributed by atoms with Crippen molar-refractivity contribution in [3.05, 3.63) is 28.8 Å². The van der Waals surface area contributed by atoms with E-state index in [2.05, 4.69) is 0 Å². The predicted octanol–water partition coefficient (Wildman–Crippen LogP) is 1.06. The molecule has 1 aliphatic heterocycles. The van der Waals surface area contributed by atoms with Gasteiger partial charge in [0.1, 0.15) is 74.3 Å². The molecule has 392 valence electrons. The largest absolute Gasteiger partial charge is 0.507 e. The number of Topliss-reactive ketones (excluding diaryl/α,β-unsaturated/α-hetero) is 3. The second-order valence-electron chi connectivity index (χ2n) is 17.7. The van der Waals surface area contributed by atoms with Gasteiger partial charge in [0.05, 0.1) is 73.5 Å². The van der Waals surface area contributed by atoms with Gasteiger partial charge in [0.2, 0.25) is 5.78 Å². The number of fused-ring (bicyclic) bond motifs is 2. The lowest BCUT2D eigenvalue weighted by atomic mass is 9.75. The van der Waals surface area contributed by atoms with Gasteiger partial charge in [-0.25, -0.2) is 0 Å². The van der Waals surface area contributed by atoms with Gasteiger partial charge >= 0.3 is 0 Å². The van der Waals surface area contributed by atoms with Crippen LogP contribution in [0.25, 0.3) is 10.8 Å². The van der Waals surface area contributed by atoms with E-state index in [4.69, 9.17) is 52.1 Å². The van der Waals surface area contributed by atoms with Gasteiger partial charge in [-0.3, -0.25) is 14.4 Å². The molecule has 0 spiro atoms. The monoisotopic (exact) mass is 988 g/mol. The number of phenols is 2. The number of rotatable bonds is 29. The van der Waals surface area contributed by atoms with Crippen molar-refractivity contribution in [2.45, 2.75) is 167 Å². The molecule has 7 unspecified atom stereocenters. The van der Waals surface area contributed by atoms with E-state index in [1.807, 2.05) is 0 Å². The Morgan fingerprint density at radius 1 is 0.797 bits per heavy atom. The van der Waals surface area contributed by atoms with E-state index in [1.54, 1.807) is 41.5 Å². The summed E-state index contributed by atoms with van der Waals surface area (Å²) in [5.41, 5.74) is 0.218. The van der Waals surface area contributed by atoms with Crippen molar-refractivity contribution >= 4 is 28.1 Å². The van der Waals surface area contributed by atoms with Crippen molar-refractivity contribution in [2.75, 3.05) is 47.3 Å². The van der Waals surface area contributed by atoms with Gasteiger partial charge in [0, 0.05) is 31.9 Å². The maximum Gasteiger partial charge on any atom is 0.227 e. The summed E-state index contributed by atoms with van der Waals surface area (Å²) >= 11 is 0. The van der Waals surface area contributed by atoms with Crippen LogP contribution in [-0.4, -0.2) is 197 Å². The van der Waals surface area contributed by atoms with Crippen LogP contribution in [0.1, 0.15) is 83.3 Å². The average Bonchev–Trinajstić information content (AvgIpc) is 3.29. The van der Waals surface area contributed by atoms with Crippen LogP contribution in [-0.2, 0) is 63.4 Å². The van der Waals surface area contributed by atoms with Crippen LogP contribution in [0.15, 0.2) is 12.1 Å². The third kappa shape index (κ3) is 15.5. The van der Waals surface area contributed by atoms with Crippen molar-refractivity contribution in [1.82, 2.24) is 0 Å². The molecule has 2 aromatic rings. The zero-order valence-corrected chi connectivity index (χ0v) is 40.8. The second-order valence-corrected chi connectivity index (χ2v) is 17.7. The summed E-state index contributed by atoms with van der Waals surface area (Å²) in [6.07, 6.45) is -14.8. The van der Waals surface area contributed by atoms with Gasteiger partial charge in [0.15, 0.2) is 24.1 Å². The van der Waals surface area contributed by atoms with Crippen LogP contribution in [0.3, 0.4) is 0 Å². The Balaban J connectivity index is 1.41. The summed E-state index contributed by atoms with van der Waals surface area (Å²) in [4.78, 5) is 39.9. The number of aliphatic hydroxyl groups is 6. The Bertz CT molecular complexity index is 1970. The van der Waals surface area contributed by atoms with Gasteiger partial charge in [-0.05, 0) is 84.9 Å². The van der Waals surface area contributed by atoms with Crippen LogP contribution >= 0.6 is 0 Å². The van der Waals surface area contributed by atoms with Crippen molar-refractivity contribution in [3.8, 4) is 17.2 Å². The van der Waals surface area contributed by atoms with Crippen molar-refractivity contribution in [2.24, 2.45) is 5.92 Å². The fourth-order valence-electron chi connectivity index (χ4n) is 7.63. The standard InChI is InChI=1S/C47H72O22/c1-21-37(69-29(9)67-27(7)36(53)17-62-38-14-33(50)43(56)28(8)68-38)13-31-11-30-12-32(46(59-10)42(55)23(3)49)47(45(58)40(30)44(57)39(31)41(21)54)66-20-65-26(6)35(52)16-61-19-64-25(5)34(51)15-60-18-63-24(4)22(2)48/h11,13,22,24-29,32-36,38,43,46-48,50-54,56-57H,12,14-20H2,1-10H3/t22-,24?,25?,26?,27?,28?,29?,32-,33?,34+,35-,36-,38+,43+,46-,47-/m0/s1. The highest BCUT2D eigenvalue weighted by molar-refractivity contribution is 6.38. The minimum atomic E-state index is -1.52. The Labute approximate surface area is 401 Å². The maximum atomic E-state index is 14.4. The second kappa shape index (κ2) is 26.8. The molecule has 1 fully saturated rings. The smallest absolute Gasteiger partial charge is 0.227 e. The number of phenolic OH excluding ortho intramolecular Hbond substituents is 2. The van der Waals surface area contributed by atoms with E-state index < -0.39 is 133 Å². The highest BCUT2D eigenvalue weighted by atomic mass is 16.7. The van der Waals surface area contributed by atoms with Crippen molar-refractivity contribution in [3.63, 3.8) is 0 Å². The van der Waals surface area contributed by atoms with Crippen LogP contribution in [0.5, 0.6) is 17.2 Å². The molecule has 0 bridgehead atoms. The Kier molecular flexibility index (Phi) is 22.5. The molecule has 0 radical (unpaired) electrons. The Hall–Kier alpha value is -3.53. The number of carbonyl (C=O) groups is 3. The fourth-order valence-corrected chi connectivity index (χ4v) is 7.63. The summed E-state index contributed by atoms with van der Waals surface area (Å²) in [6.45, 7) is 12.0. The molecule has 2 aliphatic rings. The lowest BCUT2D eigenvalue weighted by molar-refractivity contribution is -0.256. The highest BCUT2D eigenvalue weighted by Crippen LogP contribution is 2.46. The number of methoxy groups -OCH3 is 1. The quantitative estimate of drug-likeness (QED) is 0.0321. The normalized spacial score (nSPS) is 25.2. The molecule has 1 aliphatic carbocycles. The molecule has 1 heterocycles. The molecule has 69 heavy (non-hydrogen) atoms. The highest BCUT2D eigenvalue weighted by Gasteiger charge is 2.46. The Morgan fingerprint density at radius 3 is 1.94 bits per heavy atom.